The number of hydrogen-bond acceptors (Lipinski definition) is 4. The summed E-state index contributed by atoms with van der Waals surface area (Å²) < 4.78 is 40.7. The minimum absolute atomic E-state index is 0.117. The van der Waals surface area contributed by atoms with Gasteiger partial charge in [0.1, 0.15) is 5.82 Å². The zero-order valence-corrected chi connectivity index (χ0v) is 13.5. The van der Waals surface area contributed by atoms with Crippen LogP contribution < -0.4 is 4.72 Å². The highest BCUT2D eigenvalue weighted by Crippen LogP contribution is 2.28. The smallest absolute Gasteiger partial charge is 0.241 e. The van der Waals surface area contributed by atoms with Crippen LogP contribution in [0.1, 0.15) is 31.2 Å². The van der Waals surface area contributed by atoms with Gasteiger partial charge in [-0.15, -0.1) is 0 Å². The van der Waals surface area contributed by atoms with E-state index < -0.39 is 22.4 Å². The van der Waals surface area contributed by atoms with Crippen LogP contribution in [-0.4, -0.2) is 31.1 Å². The summed E-state index contributed by atoms with van der Waals surface area (Å²) in [4.78, 5) is -0.169. The minimum Gasteiger partial charge on any atom is -0.392 e. The fraction of sp³-hybridized carbons (Fsp3) is 0.571. The van der Waals surface area contributed by atoms with E-state index in [1.54, 1.807) is 0 Å². The molecule has 0 amide bonds. The molecule has 118 valence electrons. The first-order chi connectivity index (χ1) is 9.96. The quantitative estimate of drug-likeness (QED) is 0.867. The van der Waals surface area contributed by atoms with Crippen molar-refractivity contribution in [3.05, 3.63) is 29.6 Å². The third-order valence-corrected chi connectivity index (χ3v) is 6.56. The first-order valence-electron chi connectivity index (χ1n) is 6.90. The monoisotopic (exact) mass is 333 g/mol. The summed E-state index contributed by atoms with van der Waals surface area (Å²) in [6, 6.07) is 3.29. The Bertz CT molecular complexity index is 584. The first-order valence-corrected chi connectivity index (χ1v) is 9.68. The normalized spacial score (nSPS) is 23.2. The van der Waals surface area contributed by atoms with Gasteiger partial charge in [-0.3, -0.25) is 0 Å². The Morgan fingerprint density at radius 3 is 2.57 bits per heavy atom. The molecule has 0 saturated heterocycles. The predicted molar refractivity (Wildman–Crippen MR) is 82.2 cm³/mol. The molecule has 21 heavy (non-hydrogen) atoms. The van der Waals surface area contributed by atoms with Crippen LogP contribution >= 0.6 is 11.8 Å². The number of hydrogen-bond donors (Lipinski definition) is 2. The molecule has 2 rings (SSSR count). The molecule has 0 atom stereocenters. The van der Waals surface area contributed by atoms with E-state index in [4.69, 9.17) is 0 Å². The number of rotatable bonds is 5. The van der Waals surface area contributed by atoms with Crippen molar-refractivity contribution >= 4 is 21.8 Å². The summed E-state index contributed by atoms with van der Waals surface area (Å²) in [5.41, 5.74) is 0.210. The molecule has 4 nitrogen and oxygen atoms in total. The number of halogens is 1. The zero-order valence-electron chi connectivity index (χ0n) is 11.9. The molecule has 1 saturated carbocycles. The Morgan fingerprint density at radius 2 is 2.00 bits per heavy atom. The maximum atomic E-state index is 13.3. The van der Waals surface area contributed by atoms with E-state index in [0.717, 1.165) is 37.8 Å². The highest BCUT2D eigenvalue weighted by Gasteiger charge is 2.27. The van der Waals surface area contributed by atoms with Crippen LogP contribution in [-0.2, 0) is 16.6 Å². The lowest BCUT2D eigenvalue weighted by molar-refractivity contribution is 0.278. The van der Waals surface area contributed by atoms with Crippen molar-refractivity contribution in [2.45, 2.75) is 48.5 Å². The maximum absolute atomic E-state index is 13.3. The van der Waals surface area contributed by atoms with Crippen molar-refractivity contribution in [1.29, 1.82) is 0 Å². The molecule has 1 aromatic rings. The lowest BCUT2D eigenvalue weighted by Crippen LogP contribution is -2.38. The fourth-order valence-corrected chi connectivity index (χ4v) is 4.90. The van der Waals surface area contributed by atoms with Gasteiger partial charge in [-0.1, -0.05) is 6.07 Å². The highest BCUT2D eigenvalue weighted by molar-refractivity contribution is 7.99. The molecule has 0 radical (unpaired) electrons. The van der Waals surface area contributed by atoms with Crippen molar-refractivity contribution < 1.29 is 17.9 Å². The second-order valence-electron chi connectivity index (χ2n) is 5.24. The van der Waals surface area contributed by atoms with E-state index in [1.807, 2.05) is 11.8 Å². The molecule has 0 aromatic heterocycles. The number of benzene rings is 1. The van der Waals surface area contributed by atoms with Gasteiger partial charge in [-0.2, -0.15) is 11.8 Å². The summed E-state index contributed by atoms with van der Waals surface area (Å²) in [5.74, 6) is -0.626. The summed E-state index contributed by atoms with van der Waals surface area (Å²) >= 11 is 1.81. The molecule has 1 aromatic carbocycles. The van der Waals surface area contributed by atoms with Gasteiger partial charge in [0.15, 0.2) is 0 Å². The standard InChI is InChI=1S/C14H20FNO3S2/c1-20-13-6-4-12(5-7-13)16-21(18,19)14-8-11(15)3-2-10(14)9-17/h2-3,8,12-13,16-17H,4-7,9H2,1H3. The van der Waals surface area contributed by atoms with E-state index in [2.05, 4.69) is 11.0 Å². The predicted octanol–water partition coefficient (Wildman–Crippen LogP) is 2.27. The molecule has 0 heterocycles. The highest BCUT2D eigenvalue weighted by atomic mass is 32.2. The molecule has 1 fully saturated rings. The Morgan fingerprint density at radius 1 is 1.33 bits per heavy atom. The van der Waals surface area contributed by atoms with Crippen LogP contribution in [0.4, 0.5) is 4.39 Å². The lowest BCUT2D eigenvalue weighted by Gasteiger charge is -2.28. The SMILES string of the molecule is CSC1CCC(NS(=O)(=O)c2cc(F)ccc2CO)CC1. The average molecular weight is 333 g/mol. The van der Waals surface area contributed by atoms with Gasteiger partial charge in [0, 0.05) is 11.3 Å². The topological polar surface area (TPSA) is 66.4 Å². The summed E-state index contributed by atoms with van der Waals surface area (Å²) in [7, 11) is -3.81. The van der Waals surface area contributed by atoms with Crippen molar-refractivity contribution in [3.8, 4) is 0 Å². The third kappa shape index (κ3) is 4.18. The summed E-state index contributed by atoms with van der Waals surface area (Å²) in [5, 5.41) is 9.82. The number of aliphatic hydroxyl groups excluding tert-OH is 1. The van der Waals surface area contributed by atoms with Crippen LogP contribution in [0.2, 0.25) is 0 Å². The molecule has 1 aliphatic carbocycles. The number of aliphatic hydroxyl groups is 1. The lowest BCUT2D eigenvalue weighted by atomic mass is 9.96. The Hall–Kier alpha value is -0.630. The fourth-order valence-electron chi connectivity index (χ4n) is 2.61. The van der Waals surface area contributed by atoms with Crippen molar-refractivity contribution in [3.63, 3.8) is 0 Å². The zero-order chi connectivity index (χ0) is 15.5. The Kier molecular flexibility index (Phi) is 5.65. The summed E-state index contributed by atoms with van der Waals surface area (Å²) in [6.45, 7) is -0.435. The van der Waals surface area contributed by atoms with Crippen molar-refractivity contribution in [1.82, 2.24) is 4.72 Å². The third-order valence-electron chi connectivity index (χ3n) is 3.82. The van der Waals surface area contributed by atoms with E-state index in [0.29, 0.717) is 5.25 Å². The molecule has 1 aliphatic rings. The molecular weight excluding hydrogens is 313 g/mol. The van der Waals surface area contributed by atoms with Gasteiger partial charge in [0.2, 0.25) is 10.0 Å². The summed E-state index contributed by atoms with van der Waals surface area (Å²) in [6.07, 6.45) is 5.59. The van der Waals surface area contributed by atoms with Gasteiger partial charge in [-0.25, -0.2) is 17.5 Å². The van der Waals surface area contributed by atoms with Crippen LogP contribution in [0.25, 0.3) is 0 Å². The molecule has 0 spiro atoms. The van der Waals surface area contributed by atoms with Gasteiger partial charge < -0.3 is 5.11 Å². The van der Waals surface area contributed by atoms with E-state index in [9.17, 15) is 17.9 Å². The second kappa shape index (κ2) is 7.09. The van der Waals surface area contributed by atoms with Crippen molar-refractivity contribution in [2.75, 3.05) is 6.26 Å². The van der Waals surface area contributed by atoms with Gasteiger partial charge in [0.05, 0.1) is 11.5 Å². The van der Waals surface area contributed by atoms with Gasteiger partial charge in [-0.05, 0) is 49.6 Å². The number of sulfonamides is 1. The Balaban J connectivity index is 2.14. The van der Waals surface area contributed by atoms with Crippen LogP contribution in [0.5, 0.6) is 0 Å². The van der Waals surface area contributed by atoms with E-state index in [1.165, 1.54) is 6.07 Å². The average Bonchev–Trinajstić information content (AvgIpc) is 2.47. The van der Waals surface area contributed by atoms with Crippen LogP contribution in [0.15, 0.2) is 23.1 Å². The molecule has 0 aliphatic heterocycles. The minimum atomic E-state index is -3.81. The van der Waals surface area contributed by atoms with Crippen LogP contribution in [0, 0.1) is 5.82 Å². The van der Waals surface area contributed by atoms with Crippen molar-refractivity contribution in [2.24, 2.45) is 0 Å². The van der Waals surface area contributed by atoms with Crippen LogP contribution in [0.3, 0.4) is 0 Å². The van der Waals surface area contributed by atoms with E-state index >= 15 is 0 Å². The molecule has 2 N–H and O–H groups in total. The largest absolute Gasteiger partial charge is 0.392 e. The molecule has 7 heteroatoms. The number of thioether (sulfide) groups is 1. The number of nitrogens with one attached hydrogen (secondary N) is 1. The first kappa shape index (κ1) is 16.7. The van der Waals surface area contributed by atoms with Gasteiger partial charge in [0.25, 0.3) is 0 Å². The molecule has 0 bridgehead atoms. The van der Waals surface area contributed by atoms with E-state index in [-0.39, 0.29) is 16.5 Å². The van der Waals surface area contributed by atoms with Gasteiger partial charge >= 0.3 is 0 Å². The Labute approximate surface area is 129 Å². The molecular formula is C14H20FNO3S2. The second-order valence-corrected chi connectivity index (χ2v) is 8.06. The maximum Gasteiger partial charge on any atom is 0.241 e. The molecule has 0 unspecified atom stereocenters.